The largest absolute Gasteiger partial charge is 0.484 e. The molecule has 2 rings (SSSR count). The molecule has 0 bridgehead atoms. The Bertz CT molecular complexity index is 535. The molecule has 0 amide bonds. The molecule has 0 aromatic carbocycles. The fourth-order valence-corrected chi connectivity index (χ4v) is 1.85. The predicted octanol–water partition coefficient (Wildman–Crippen LogP) is 3.31. The van der Waals surface area contributed by atoms with E-state index in [9.17, 15) is 0 Å². The minimum atomic E-state index is 0.427. The molecule has 0 saturated heterocycles. The summed E-state index contributed by atoms with van der Waals surface area (Å²) in [7, 11) is 0. The summed E-state index contributed by atoms with van der Waals surface area (Å²) >= 11 is 0. The Hall–Kier alpha value is -1.81. The minimum absolute atomic E-state index is 0.427. The molecule has 20 heavy (non-hydrogen) atoms. The monoisotopic (exact) mass is 274 g/mol. The van der Waals surface area contributed by atoms with Crippen molar-refractivity contribution in [3.05, 3.63) is 47.7 Å². The normalized spacial score (nSPS) is 11.0. The number of nitrogens with zero attached hydrogens (tertiary/aromatic N) is 1. The van der Waals surface area contributed by atoms with Crippen LogP contribution in [0, 0.1) is 12.8 Å². The molecule has 0 atom stereocenters. The Labute approximate surface area is 120 Å². The van der Waals surface area contributed by atoms with Crippen LogP contribution < -0.4 is 10.1 Å². The number of ether oxygens (including phenoxy) is 1. The maximum absolute atomic E-state index is 5.72. The average Bonchev–Trinajstić information content (AvgIpc) is 2.85. The summed E-state index contributed by atoms with van der Waals surface area (Å²) in [6, 6.07) is 7.72. The van der Waals surface area contributed by atoms with Gasteiger partial charge in [0.25, 0.3) is 0 Å². The van der Waals surface area contributed by atoms with Crippen molar-refractivity contribution < 1.29 is 9.15 Å². The summed E-state index contributed by atoms with van der Waals surface area (Å²) in [5, 5.41) is 3.35. The topological polar surface area (TPSA) is 47.3 Å². The maximum Gasteiger partial charge on any atom is 0.146 e. The van der Waals surface area contributed by atoms with Crippen LogP contribution in [0.2, 0.25) is 0 Å². The van der Waals surface area contributed by atoms with E-state index in [1.54, 1.807) is 6.20 Å². The van der Waals surface area contributed by atoms with Gasteiger partial charge in [-0.05, 0) is 43.7 Å². The molecule has 4 nitrogen and oxygen atoms in total. The number of pyridine rings is 1. The fraction of sp³-hybridized carbons (Fsp3) is 0.438. The quantitative estimate of drug-likeness (QED) is 0.841. The summed E-state index contributed by atoms with van der Waals surface area (Å²) in [6.45, 7) is 8.47. The summed E-state index contributed by atoms with van der Waals surface area (Å²) in [5.74, 6) is 3.20. The molecule has 0 unspecified atom stereocenters. The van der Waals surface area contributed by atoms with Crippen molar-refractivity contribution >= 4 is 0 Å². The van der Waals surface area contributed by atoms with Crippen molar-refractivity contribution in [2.75, 3.05) is 6.54 Å². The third kappa shape index (κ3) is 4.38. The van der Waals surface area contributed by atoms with E-state index in [1.165, 1.54) is 0 Å². The average molecular weight is 274 g/mol. The summed E-state index contributed by atoms with van der Waals surface area (Å²) in [5.41, 5.74) is 0.887. The first kappa shape index (κ1) is 14.6. The number of hydrogen-bond acceptors (Lipinski definition) is 4. The first-order valence-electron chi connectivity index (χ1n) is 6.98. The van der Waals surface area contributed by atoms with Crippen LogP contribution in [0.3, 0.4) is 0 Å². The van der Waals surface area contributed by atoms with Gasteiger partial charge in [-0.2, -0.15) is 0 Å². The van der Waals surface area contributed by atoms with Crippen molar-refractivity contribution in [2.45, 2.75) is 33.9 Å². The van der Waals surface area contributed by atoms with Gasteiger partial charge < -0.3 is 14.5 Å². The molecule has 1 N–H and O–H groups in total. The molecule has 2 aromatic heterocycles. The maximum atomic E-state index is 5.72. The highest BCUT2D eigenvalue weighted by Gasteiger charge is 2.05. The van der Waals surface area contributed by atoms with Crippen LogP contribution in [-0.2, 0) is 13.2 Å². The van der Waals surface area contributed by atoms with Gasteiger partial charge in [0, 0.05) is 6.20 Å². The van der Waals surface area contributed by atoms with E-state index in [1.807, 2.05) is 31.2 Å². The number of hydrogen-bond donors (Lipinski definition) is 1. The summed E-state index contributed by atoms with van der Waals surface area (Å²) in [4.78, 5) is 4.19. The van der Waals surface area contributed by atoms with E-state index in [2.05, 4.69) is 24.1 Å². The van der Waals surface area contributed by atoms with Gasteiger partial charge in [0.05, 0.1) is 12.2 Å². The minimum Gasteiger partial charge on any atom is -0.484 e. The van der Waals surface area contributed by atoms with E-state index in [-0.39, 0.29) is 0 Å². The molecule has 0 radical (unpaired) electrons. The van der Waals surface area contributed by atoms with Crippen LogP contribution in [0.5, 0.6) is 5.75 Å². The van der Waals surface area contributed by atoms with Gasteiger partial charge in [0.15, 0.2) is 0 Å². The number of rotatable bonds is 7. The van der Waals surface area contributed by atoms with Gasteiger partial charge >= 0.3 is 0 Å². The van der Waals surface area contributed by atoms with Crippen molar-refractivity contribution in [3.8, 4) is 5.75 Å². The lowest BCUT2D eigenvalue weighted by Gasteiger charge is -2.06. The zero-order valence-electron chi connectivity index (χ0n) is 12.3. The number of furan rings is 1. The summed E-state index contributed by atoms with van der Waals surface area (Å²) in [6.07, 6.45) is 1.76. The molecule has 4 heteroatoms. The smallest absolute Gasteiger partial charge is 0.146 e. The number of aryl methyl sites for hydroxylation is 1. The Kier molecular flexibility index (Phi) is 5.18. The van der Waals surface area contributed by atoms with E-state index in [0.717, 1.165) is 36.1 Å². The molecule has 0 aliphatic carbocycles. The Morgan fingerprint density at radius 2 is 2.05 bits per heavy atom. The van der Waals surface area contributed by atoms with Crippen LogP contribution in [-0.4, -0.2) is 11.5 Å². The molecule has 0 saturated carbocycles. The Morgan fingerprint density at radius 3 is 2.80 bits per heavy atom. The Balaban J connectivity index is 1.82. The van der Waals surface area contributed by atoms with Crippen LogP contribution in [0.1, 0.15) is 31.1 Å². The van der Waals surface area contributed by atoms with Gasteiger partial charge in [0.1, 0.15) is 23.9 Å². The molecule has 0 fully saturated rings. The van der Waals surface area contributed by atoms with E-state index >= 15 is 0 Å². The van der Waals surface area contributed by atoms with Crippen LogP contribution in [0.4, 0.5) is 0 Å². The molecule has 0 aliphatic rings. The SMILES string of the molecule is Cc1ncccc1OCc1ccc(CNCC(C)C)o1. The second-order valence-electron chi connectivity index (χ2n) is 5.27. The standard InChI is InChI=1S/C16H22N2O2/c1-12(2)9-17-10-14-6-7-15(20-14)11-19-16-5-4-8-18-13(16)3/h4-8,12,17H,9-11H2,1-3H3. The van der Waals surface area contributed by atoms with Gasteiger partial charge in [-0.15, -0.1) is 0 Å². The van der Waals surface area contributed by atoms with Crippen molar-refractivity contribution in [3.63, 3.8) is 0 Å². The lowest BCUT2D eigenvalue weighted by Crippen LogP contribution is -2.18. The third-order valence-electron chi connectivity index (χ3n) is 2.90. The third-order valence-corrected chi connectivity index (χ3v) is 2.90. The Morgan fingerprint density at radius 1 is 1.25 bits per heavy atom. The van der Waals surface area contributed by atoms with Gasteiger partial charge in [-0.3, -0.25) is 4.98 Å². The van der Waals surface area contributed by atoms with Gasteiger partial charge in [-0.1, -0.05) is 13.8 Å². The molecular weight excluding hydrogens is 252 g/mol. The lowest BCUT2D eigenvalue weighted by atomic mass is 10.2. The first-order chi connectivity index (χ1) is 9.65. The molecular formula is C16H22N2O2. The number of nitrogens with one attached hydrogen (secondary N) is 1. The predicted molar refractivity (Wildman–Crippen MR) is 78.6 cm³/mol. The van der Waals surface area contributed by atoms with Crippen molar-refractivity contribution in [2.24, 2.45) is 5.92 Å². The molecule has 2 heterocycles. The molecule has 0 spiro atoms. The lowest BCUT2D eigenvalue weighted by molar-refractivity contribution is 0.262. The zero-order valence-corrected chi connectivity index (χ0v) is 12.3. The molecule has 108 valence electrons. The van der Waals surface area contributed by atoms with E-state index in [4.69, 9.17) is 9.15 Å². The number of aromatic nitrogens is 1. The van der Waals surface area contributed by atoms with Gasteiger partial charge in [0.2, 0.25) is 0 Å². The second-order valence-corrected chi connectivity index (χ2v) is 5.27. The second kappa shape index (κ2) is 7.10. The van der Waals surface area contributed by atoms with Crippen LogP contribution in [0.25, 0.3) is 0 Å². The highest BCUT2D eigenvalue weighted by molar-refractivity contribution is 5.25. The fourth-order valence-electron chi connectivity index (χ4n) is 1.85. The van der Waals surface area contributed by atoms with Crippen LogP contribution >= 0.6 is 0 Å². The molecule has 2 aromatic rings. The first-order valence-corrected chi connectivity index (χ1v) is 6.98. The summed E-state index contributed by atoms with van der Waals surface area (Å²) < 4.78 is 11.4. The highest BCUT2D eigenvalue weighted by atomic mass is 16.5. The zero-order chi connectivity index (χ0) is 14.4. The van der Waals surface area contributed by atoms with Gasteiger partial charge in [-0.25, -0.2) is 0 Å². The highest BCUT2D eigenvalue weighted by Crippen LogP contribution is 2.16. The van der Waals surface area contributed by atoms with E-state index < -0.39 is 0 Å². The molecule has 0 aliphatic heterocycles. The van der Waals surface area contributed by atoms with Crippen LogP contribution in [0.15, 0.2) is 34.9 Å². The van der Waals surface area contributed by atoms with Crippen molar-refractivity contribution in [1.29, 1.82) is 0 Å². The van der Waals surface area contributed by atoms with E-state index in [0.29, 0.717) is 12.5 Å². The van der Waals surface area contributed by atoms with Crippen molar-refractivity contribution in [1.82, 2.24) is 10.3 Å².